The number of methoxy groups -OCH3 is 1. The quantitative estimate of drug-likeness (QED) is 0.848. The van der Waals surface area contributed by atoms with Gasteiger partial charge in [-0.15, -0.1) is 12.4 Å². The van der Waals surface area contributed by atoms with Crippen LogP contribution in [-0.2, 0) is 11.3 Å². The van der Waals surface area contributed by atoms with Gasteiger partial charge in [0.15, 0.2) is 0 Å². The summed E-state index contributed by atoms with van der Waals surface area (Å²) in [5, 5.41) is 6.42. The van der Waals surface area contributed by atoms with Crippen LogP contribution in [0.2, 0.25) is 0 Å². The third-order valence-electron chi connectivity index (χ3n) is 3.80. The van der Waals surface area contributed by atoms with Gasteiger partial charge in [0, 0.05) is 19.2 Å². The second-order valence-electron chi connectivity index (χ2n) is 5.35. The molecule has 2 rings (SSSR count). The van der Waals surface area contributed by atoms with E-state index in [1.807, 2.05) is 24.3 Å². The number of ether oxygens (including phenoxy) is 1. The molecule has 1 aliphatic rings. The summed E-state index contributed by atoms with van der Waals surface area (Å²) in [6, 6.07) is 7.60. The molecule has 0 radical (unpaired) electrons. The van der Waals surface area contributed by atoms with Crippen molar-refractivity contribution in [2.45, 2.75) is 25.9 Å². The fraction of sp³-hybridized carbons (Fsp3) is 0.562. The van der Waals surface area contributed by atoms with Crippen molar-refractivity contribution in [2.75, 3.05) is 26.7 Å². The van der Waals surface area contributed by atoms with Crippen LogP contribution in [0.15, 0.2) is 24.3 Å². The van der Waals surface area contributed by atoms with Crippen molar-refractivity contribution in [3.05, 3.63) is 35.4 Å². The molecule has 0 bridgehead atoms. The maximum Gasteiger partial charge on any atom is 0.251 e. The first-order valence-electron chi connectivity index (χ1n) is 7.37. The van der Waals surface area contributed by atoms with Gasteiger partial charge in [0.1, 0.15) is 0 Å². The van der Waals surface area contributed by atoms with E-state index in [0.717, 1.165) is 37.2 Å². The second kappa shape index (κ2) is 9.77. The van der Waals surface area contributed by atoms with Gasteiger partial charge in [-0.2, -0.15) is 0 Å². The molecule has 1 unspecified atom stereocenters. The molecule has 2 N–H and O–H groups in total. The molecule has 4 nitrogen and oxygen atoms in total. The number of rotatable bonds is 6. The number of carbonyl (C=O) groups excluding carboxylic acids is 1. The largest absolute Gasteiger partial charge is 0.380 e. The van der Waals surface area contributed by atoms with Gasteiger partial charge in [0.2, 0.25) is 0 Å². The molecule has 0 aromatic heterocycles. The van der Waals surface area contributed by atoms with Crippen LogP contribution in [-0.4, -0.2) is 32.7 Å². The number of halogens is 1. The standard InChI is InChI=1S/C16H24N2O2.ClH/c1-20-12-14-6-2-3-7-15(14)16(19)18-10-8-13-5-4-9-17-11-13;/h2-3,6-7,13,17H,4-5,8-12H2,1H3,(H,18,19);1H. The van der Waals surface area contributed by atoms with E-state index < -0.39 is 0 Å². The molecule has 1 atom stereocenters. The zero-order valence-corrected chi connectivity index (χ0v) is 13.4. The van der Waals surface area contributed by atoms with Crippen molar-refractivity contribution in [3.63, 3.8) is 0 Å². The van der Waals surface area contributed by atoms with Crippen LogP contribution in [0.4, 0.5) is 0 Å². The van der Waals surface area contributed by atoms with Crippen LogP contribution in [0.5, 0.6) is 0 Å². The van der Waals surface area contributed by atoms with Gasteiger partial charge in [-0.05, 0) is 49.9 Å². The molecule has 1 aliphatic heterocycles. The van der Waals surface area contributed by atoms with Gasteiger partial charge in [-0.25, -0.2) is 0 Å². The van der Waals surface area contributed by atoms with Gasteiger partial charge in [0.05, 0.1) is 6.61 Å². The van der Waals surface area contributed by atoms with Crippen LogP contribution in [0, 0.1) is 5.92 Å². The van der Waals surface area contributed by atoms with Gasteiger partial charge < -0.3 is 15.4 Å². The summed E-state index contributed by atoms with van der Waals surface area (Å²) >= 11 is 0. The van der Waals surface area contributed by atoms with E-state index in [0.29, 0.717) is 12.5 Å². The van der Waals surface area contributed by atoms with Gasteiger partial charge >= 0.3 is 0 Å². The molecule has 21 heavy (non-hydrogen) atoms. The molecule has 0 aliphatic carbocycles. The average Bonchev–Trinajstić information content (AvgIpc) is 2.49. The van der Waals surface area contributed by atoms with Crippen LogP contribution >= 0.6 is 12.4 Å². The molecule has 1 aromatic rings. The zero-order chi connectivity index (χ0) is 14.2. The fourth-order valence-electron chi connectivity index (χ4n) is 2.68. The summed E-state index contributed by atoms with van der Waals surface area (Å²) in [5.74, 6) is 0.694. The second-order valence-corrected chi connectivity index (χ2v) is 5.35. The predicted octanol–water partition coefficient (Wildman–Crippen LogP) is 2.37. The highest BCUT2D eigenvalue weighted by molar-refractivity contribution is 5.95. The highest BCUT2D eigenvalue weighted by Crippen LogP contribution is 2.14. The lowest BCUT2D eigenvalue weighted by molar-refractivity contribution is 0.0945. The molecular formula is C16H25ClN2O2. The molecule has 1 aromatic carbocycles. The average molecular weight is 313 g/mol. The van der Waals surface area contributed by atoms with Crippen molar-refractivity contribution in [2.24, 2.45) is 5.92 Å². The Morgan fingerprint density at radius 2 is 2.24 bits per heavy atom. The molecular weight excluding hydrogens is 288 g/mol. The third-order valence-corrected chi connectivity index (χ3v) is 3.80. The van der Waals surface area contributed by atoms with Crippen molar-refractivity contribution in [1.29, 1.82) is 0 Å². The summed E-state index contributed by atoms with van der Waals surface area (Å²) in [6.45, 7) is 3.42. The minimum atomic E-state index is 0. The molecule has 0 saturated carbocycles. The minimum absolute atomic E-state index is 0. The van der Waals surface area contributed by atoms with E-state index in [1.54, 1.807) is 7.11 Å². The Morgan fingerprint density at radius 1 is 1.43 bits per heavy atom. The Bertz CT molecular complexity index is 434. The predicted molar refractivity (Wildman–Crippen MR) is 86.9 cm³/mol. The normalized spacial score (nSPS) is 17.9. The number of nitrogens with one attached hydrogen (secondary N) is 2. The monoisotopic (exact) mass is 312 g/mol. The number of benzene rings is 1. The van der Waals surface area contributed by atoms with Crippen molar-refractivity contribution in [1.82, 2.24) is 10.6 Å². The lowest BCUT2D eigenvalue weighted by Gasteiger charge is -2.22. The smallest absolute Gasteiger partial charge is 0.251 e. The third kappa shape index (κ3) is 5.65. The van der Waals surface area contributed by atoms with E-state index in [4.69, 9.17) is 4.74 Å². The van der Waals surface area contributed by atoms with Gasteiger partial charge in [0.25, 0.3) is 5.91 Å². The fourth-order valence-corrected chi connectivity index (χ4v) is 2.68. The summed E-state index contributed by atoms with van der Waals surface area (Å²) in [4.78, 5) is 12.2. The Balaban J connectivity index is 0.00000220. The topological polar surface area (TPSA) is 50.4 Å². The maximum absolute atomic E-state index is 12.2. The maximum atomic E-state index is 12.2. The van der Waals surface area contributed by atoms with E-state index in [-0.39, 0.29) is 18.3 Å². The first-order valence-corrected chi connectivity index (χ1v) is 7.37. The van der Waals surface area contributed by atoms with E-state index in [2.05, 4.69) is 10.6 Å². The highest BCUT2D eigenvalue weighted by atomic mass is 35.5. The number of hydrogen-bond donors (Lipinski definition) is 2. The number of piperidine rings is 1. The number of carbonyl (C=O) groups is 1. The van der Waals surface area contributed by atoms with Crippen molar-refractivity contribution in [3.8, 4) is 0 Å². The molecule has 0 spiro atoms. The molecule has 1 amide bonds. The van der Waals surface area contributed by atoms with Crippen molar-refractivity contribution < 1.29 is 9.53 Å². The molecule has 5 heteroatoms. The Hall–Kier alpha value is -1.10. The Morgan fingerprint density at radius 3 is 2.95 bits per heavy atom. The van der Waals surface area contributed by atoms with Crippen LogP contribution in [0.3, 0.4) is 0 Å². The van der Waals surface area contributed by atoms with Gasteiger partial charge in [-0.1, -0.05) is 18.2 Å². The zero-order valence-electron chi connectivity index (χ0n) is 12.6. The molecule has 1 heterocycles. The van der Waals surface area contributed by atoms with Crippen molar-refractivity contribution >= 4 is 18.3 Å². The Labute approximate surface area is 133 Å². The lowest BCUT2D eigenvalue weighted by Crippen LogP contribution is -2.33. The SMILES string of the molecule is COCc1ccccc1C(=O)NCCC1CCCNC1.Cl. The van der Waals surface area contributed by atoms with Crippen LogP contribution in [0.25, 0.3) is 0 Å². The van der Waals surface area contributed by atoms with Crippen LogP contribution in [0.1, 0.15) is 35.2 Å². The molecule has 1 saturated heterocycles. The number of amides is 1. The summed E-state index contributed by atoms with van der Waals surface area (Å²) in [6.07, 6.45) is 3.56. The first kappa shape index (κ1) is 18.0. The molecule has 118 valence electrons. The van der Waals surface area contributed by atoms with E-state index in [9.17, 15) is 4.79 Å². The molecule has 1 fully saturated rings. The van der Waals surface area contributed by atoms with E-state index in [1.165, 1.54) is 12.8 Å². The summed E-state index contributed by atoms with van der Waals surface area (Å²) in [7, 11) is 1.64. The highest BCUT2D eigenvalue weighted by Gasteiger charge is 2.14. The first-order chi connectivity index (χ1) is 9.81. The summed E-state index contributed by atoms with van der Waals surface area (Å²) in [5.41, 5.74) is 1.66. The summed E-state index contributed by atoms with van der Waals surface area (Å²) < 4.78 is 5.13. The van der Waals surface area contributed by atoms with E-state index >= 15 is 0 Å². The van der Waals surface area contributed by atoms with Crippen LogP contribution < -0.4 is 10.6 Å². The van der Waals surface area contributed by atoms with Gasteiger partial charge in [-0.3, -0.25) is 4.79 Å². The number of hydrogen-bond acceptors (Lipinski definition) is 3. The Kier molecular flexibility index (Phi) is 8.35. The minimum Gasteiger partial charge on any atom is -0.380 e. The lowest BCUT2D eigenvalue weighted by atomic mass is 9.96.